The first-order valence-corrected chi connectivity index (χ1v) is 8.32. The Morgan fingerprint density at radius 1 is 1.27 bits per heavy atom. The highest BCUT2D eigenvalue weighted by Crippen LogP contribution is 2.36. The zero-order valence-corrected chi connectivity index (χ0v) is 12.8. The van der Waals surface area contributed by atoms with Crippen molar-refractivity contribution in [2.45, 2.75) is 57.0 Å². The lowest BCUT2D eigenvalue weighted by Gasteiger charge is -2.17. The Morgan fingerprint density at radius 3 is 2.95 bits per heavy atom. The molecule has 2 heterocycles. The van der Waals surface area contributed by atoms with Gasteiger partial charge in [-0.3, -0.25) is 0 Å². The maximum absolute atomic E-state index is 10.3. The molecule has 3 atom stereocenters. The van der Waals surface area contributed by atoms with Crippen molar-refractivity contribution in [1.29, 1.82) is 0 Å². The monoisotopic (exact) mass is 300 g/mol. The number of aromatic nitrogens is 3. The number of nitrogens with one attached hydrogen (secondary N) is 1. The second-order valence-corrected chi connectivity index (χ2v) is 6.79. The molecule has 0 saturated heterocycles. The molecule has 22 heavy (non-hydrogen) atoms. The molecule has 4 rings (SSSR count). The summed E-state index contributed by atoms with van der Waals surface area (Å²) >= 11 is 0. The van der Waals surface area contributed by atoms with E-state index in [2.05, 4.69) is 37.8 Å². The lowest BCUT2D eigenvalue weighted by atomic mass is 10.1. The highest BCUT2D eigenvalue weighted by Gasteiger charge is 2.33. The van der Waals surface area contributed by atoms with E-state index < -0.39 is 0 Å². The number of hydrogen-bond donors (Lipinski definition) is 2. The summed E-state index contributed by atoms with van der Waals surface area (Å²) in [5.74, 6) is 0.525. The van der Waals surface area contributed by atoms with Gasteiger partial charge >= 0.3 is 0 Å². The fraction of sp³-hybridized carbons (Fsp3) is 0.588. The van der Waals surface area contributed by atoms with E-state index in [0.29, 0.717) is 12.0 Å². The summed E-state index contributed by atoms with van der Waals surface area (Å²) in [6.45, 7) is 1.80. The Hall–Kier alpha value is -1.59. The lowest BCUT2D eigenvalue weighted by molar-refractivity contribution is 0.145. The van der Waals surface area contributed by atoms with E-state index in [-0.39, 0.29) is 12.1 Å². The van der Waals surface area contributed by atoms with Crippen LogP contribution in [0, 0.1) is 5.92 Å². The van der Waals surface area contributed by atoms with Crippen LogP contribution in [0.15, 0.2) is 37.1 Å². The van der Waals surface area contributed by atoms with Crippen LogP contribution in [-0.2, 0) is 13.1 Å². The van der Waals surface area contributed by atoms with Gasteiger partial charge in [0.25, 0.3) is 0 Å². The van der Waals surface area contributed by atoms with Gasteiger partial charge in [-0.05, 0) is 43.7 Å². The largest absolute Gasteiger partial charge is 0.391 e. The third kappa shape index (κ3) is 2.96. The van der Waals surface area contributed by atoms with Gasteiger partial charge in [-0.15, -0.1) is 0 Å². The van der Waals surface area contributed by atoms with Crippen molar-refractivity contribution in [2.75, 3.05) is 0 Å². The third-order valence-electron chi connectivity index (χ3n) is 5.01. The van der Waals surface area contributed by atoms with E-state index in [1.54, 1.807) is 0 Å². The van der Waals surface area contributed by atoms with Crippen molar-refractivity contribution >= 4 is 0 Å². The first kappa shape index (κ1) is 14.0. The van der Waals surface area contributed by atoms with Crippen molar-refractivity contribution in [3.8, 4) is 0 Å². The first-order valence-electron chi connectivity index (χ1n) is 8.32. The molecule has 0 bridgehead atoms. The molecular formula is C17H24N4O. The molecule has 2 N–H and O–H groups in total. The normalized spacial score (nSPS) is 28.3. The van der Waals surface area contributed by atoms with Gasteiger partial charge in [0.2, 0.25) is 0 Å². The van der Waals surface area contributed by atoms with E-state index in [4.69, 9.17) is 0 Å². The fourth-order valence-electron chi connectivity index (χ4n) is 3.70. The minimum atomic E-state index is -0.238. The van der Waals surface area contributed by atoms with E-state index in [1.165, 1.54) is 18.5 Å². The van der Waals surface area contributed by atoms with E-state index in [1.807, 2.05) is 18.7 Å². The predicted octanol–water partition coefficient (Wildman–Crippen LogP) is 1.95. The molecule has 2 fully saturated rings. The molecule has 2 aromatic heterocycles. The Labute approximate surface area is 131 Å². The van der Waals surface area contributed by atoms with Gasteiger partial charge in [0.15, 0.2) is 0 Å². The SMILES string of the molecule is O[C@@H]1CC(Cn2ccnc2)C[C@H]1NCc1cccn1C1CC1. The molecule has 5 heteroatoms. The summed E-state index contributed by atoms with van der Waals surface area (Å²) in [5, 5.41) is 13.9. The molecule has 118 valence electrons. The molecule has 1 unspecified atom stereocenters. The Kier molecular flexibility index (Phi) is 3.76. The molecule has 0 aliphatic heterocycles. The average molecular weight is 300 g/mol. The van der Waals surface area contributed by atoms with Gasteiger partial charge in [0.1, 0.15) is 0 Å². The van der Waals surface area contributed by atoms with Crippen molar-refractivity contribution in [3.63, 3.8) is 0 Å². The topological polar surface area (TPSA) is 55.0 Å². The smallest absolute Gasteiger partial charge is 0.0945 e. The molecule has 2 aliphatic carbocycles. The number of nitrogens with zero attached hydrogens (tertiary/aromatic N) is 3. The Morgan fingerprint density at radius 2 is 2.18 bits per heavy atom. The molecule has 0 spiro atoms. The molecule has 2 aliphatic rings. The van der Waals surface area contributed by atoms with Gasteiger partial charge in [-0.25, -0.2) is 4.98 Å². The van der Waals surface area contributed by atoms with Gasteiger partial charge < -0.3 is 19.6 Å². The highest BCUT2D eigenvalue weighted by molar-refractivity contribution is 5.11. The Bertz CT molecular complexity index is 602. The van der Waals surface area contributed by atoms with Gasteiger partial charge in [0.05, 0.1) is 12.4 Å². The maximum atomic E-state index is 10.3. The summed E-state index contributed by atoms with van der Waals surface area (Å²) < 4.78 is 4.50. The fourth-order valence-corrected chi connectivity index (χ4v) is 3.70. The van der Waals surface area contributed by atoms with Gasteiger partial charge in [-0.1, -0.05) is 0 Å². The van der Waals surface area contributed by atoms with E-state index >= 15 is 0 Å². The zero-order chi connectivity index (χ0) is 14.9. The van der Waals surface area contributed by atoms with Crippen molar-refractivity contribution in [1.82, 2.24) is 19.4 Å². The molecule has 0 radical (unpaired) electrons. The average Bonchev–Trinajstić information content (AvgIpc) is 2.90. The van der Waals surface area contributed by atoms with Crippen LogP contribution in [-0.4, -0.2) is 31.4 Å². The number of hydrogen-bond acceptors (Lipinski definition) is 3. The standard InChI is InChI=1S/C17H24N4O/c22-17-9-13(11-20-7-5-18-12-20)8-16(17)19-10-15-2-1-6-21(15)14-3-4-14/h1-2,5-7,12-14,16-17,19,22H,3-4,8-11H2/t13?,16-,17-/m1/s1. The zero-order valence-electron chi connectivity index (χ0n) is 12.8. The van der Waals surface area contributed by atoms with E-state index in [0.717, 1.165) is 25.9 Å². The number of imidazole rings is 1. The van der Waals surface area contributed by atoms with Crippen molar-refractivity contribution in [3.05, 3.63) is 42.7 Å². The third-order valence-corrected chi connectivity index (χ3v) is 5.01. The second kappa shape index (κ2) is 5.89. The van der Waals surface area contributed by atoms with Gasteiger partial charge in [-0.2, -0.15) is 0 Å². The van der Waals surface area contributed by atoms with Crippen molar-refractivity contribution < 1.29 is 5.11 Å². The number of aliphatic hydroxyl groups excluding tert-OH is 1. The maximum Gasteiger partial charge on any atom is 0.0945 e. The number of rotatable bonds is 6. The lowest BCUT2D eigenvalue weighted by Crippen LogP contribution is -2.35. The molecule has 0 aromatic carbocycles. The van der Waals surface area contributed by atoms with Crippen molar-refractivity contribution in [2.24, 2.45) is 5.92 Å². The van der Waals surface area contributed by atoms with Crippen LogP contribution in [0.4, 0.5) is 0 Å². The molecule has 0 amide bonds. The van der Waals surface area contributed by atoms with Crippen LogP contribution >= 0.6 is 0 Å². The molecule has 2 saturated carbocycles. The summed E-state index contributed by atoms with van der Waals surface area (Å²) in [6, 6.07) is 5.24. The molecule has 2 aromatic rings. The van der Waals surface area contributed by atoms with Gasteiger partial charge in [0, 0.05) is 49.5 Å². The summed E-state index contributed by atoms with van der Waals surface area (Å²) in [5.41, 5.74) is 1.34. The minimum absolute atomic E-state index is 0.205. The first-order chi connectivity index (χ1) is 10.8. The molecular weight excluding hydrogens is 276 g/mol. The van der Waals surface area contributed by atoms with Crippen LogP contribution in [0.5, 0.6) is 0 Å². The number of aliphatic hydroxyl groups is 1. The highest BCUT2D eigenvalue weighted by atomic mass is 16.3. The minimum Gasteiger partial charge on any atom is -0.391 e. The van der Waals surface area contributed by atoms with E-state index in [9.17, 15) is 5.11 Å². The van der Waals surface area contributed by atoms with Crippen LogP contribution in [0.3, 0.4) is 0 Å². The second-order valence-electron chi connectivity index (χ2n) is 6.79. The van der Waals surface area contributed by atoms with Crippen LogP contribution < -0.4 is 5.32 Å². The summed E-state index contributed by atoms with van der Waals surface area (Å²) in [7, 11) is 0. The Balaban J connectivity index is 1.32. The molecule has 5 nitrogen and oxygen atoms in total. The predicted molar refractivity (Wildman–Crippen MR) is 84.3 cm³/mol. The quantitative estimate of drug-likeness (QED) is 0.857. The summed E-state index contributed by atoms with van der Waals surface area (Å²) in [6.07, 6.45) is 12.1. The van der Waals surface area contributed by atoms with Crippen LogP contribution in [0.1, 0.15) is 37.4 Å². The van der Waals surface area contributed by atoms with Crippen LogP contribution in [0.2, 0.25) is 0 Å². The van der Waals surface area contributed by atoms with Crippen LogP contribution in [0.25, 0.3) is 0 Å². The summed E-state index contributed by atoms with van der Waals surface area (Å²) in [4.78, 5) is 4.09.